The lowest BCUT2D eigenvalue weighted by Crippen LogP contribution is -2.27. The standard InChI is InChI=1S/C16H18ClN3O2/c1-10-11(6-5-7-18-10)12-8-14(17)19-9-13(12)20-15(21)22-16(2,3)4/h5-9H,1-4H3,(H,20,21). The SMILES string of the molecule is Cc1ncccc1-c1cc(Cl)ncc1NC(=O)OC(C)(C)C. The van der Waals surface area contributed by atoms with Crippen LogP contribution in [0.3, 0.4) is 0 Å². The molecule has 0 saturated carbocycles. The van der Waals surface area contributed by atoms with E-state index in [2.05, 4.69) is 15.3 Å². The molecule has 2 heterocycles. The number of amides is 1. The minimum Gasteiger partial charge on any atom is -0.444 e. The fourth-order valence-electron chi connectivity index (χ4n) is 1.93. The van der Waals surface area contributed by atoms with E-state index in [1.165, 1.54) is 6.20 Å². The van der Waals surface area contributed by atoms with Crippen molar-refractivity contribution in [2.24, 2.45) is 0 Å². The van der Waals surface area contributed by atoms with E-state index in [4.69, 9.17) is 16.3 Å². The highest BCUT2D eigenvalue weighted by atomic mass is 35.5. The number of carbonyl (C=O) groups excluding carboxylic acids is 1. The largest absolute Gasteiger partial charge is 0.444 e. The molecule has 1 N–H and O–H groups in total. The maximum absolute atomic E-state index is 12.0. The van der Waals surface area contributed by atoms with Crippen LogP contribution in [0.1, 0.15) is 26.5 Å². The summed E-state index contributed by atoms with van der Waals surface area (Å²) in [6, 6.07) is 5.43. The summed E-state index contributed by atoms with van der Waals surface area (Å²) in [6.45, 7) is 7.30. The van der Waals surface area contributed by atoms with Gasteiger partial charge in [0.2, 0.25) is 0 Å². The Morgan fingerprint density at radius 1 is 1.27 bits per heavy atom. The van der Waals surface area contributed by atoms with Crippen LogP contribution in [0.5, 0.6) is 0 Å². The van der Waals surface area contributed by atoms with Crippen molar-refractivity contribution in [2.45, 2.75) is 33.3 Å². The number of halogens is 1. The van der Waals surface area contributed by atoms with Crippen LogP contribution < -0.4 is 5.32 Å². The first-order valence-corrected chi connectivity index (χ1v) is 7.21. The number of ether oxygens (including phenoxy) is 1. The summed E-state index contributed by atoms with van der Waals surface area (Å²) >= 11 is 5.99. The van der Waals surface area contributed by atoms with Gasteiger partial charge in [-0.15, -0.1) is 0 Å². The number of carbonyl (C=O) groups is 1. The first-order valence-electron chi connectivity index (χ1n) is 6.84. The van der Waals surface area contributed by atoms with Crippen molar-refractivity contribution in [1.82, 2.24) is 9.97 Å². The van der Waals surface area contributed by atoms with Crippen molar-refractivity contribution in [3.8, 4) is 11.1 Å². The predicted octanol–water partition coefficient (Wildman–Crippen LogP) is 4.45. The average molecular weight is 320 g/mol. The van der Waals surface area contributed by atoms with Gasteiger partial charge in [-0.1, -0.05) is 17.7 Å². The summed E-state index contributed by atoms with van der Waals surface area (Å²) in [6.07, 6.45) is 2.68. The molecule has 5 nitrogen and oxygen atoms in total. The Hall–Kier alpha value is -2.14. The van der Waals surface area contributed by atoms with E-state index in [0.717, 1.165) is 16.8 Å². The van der Waals surface area contributed by atoms with E-state index < -0.39 is 11.7 Å². The Morgan fingerprint density at radius 2 is 2.00 bits per heavy atom. The molecule has 2 rings (SSSR count). The zero-order valence-corrected chi connectivity index (χ0v) is 13.7. The molecule has 116 valence electrons. The second-order valence-electron chi connectivity index (χ2n) is 5.82. The molecule has 0 bridgehead atoms. The molecule has 0 radical (unpaired) electrons. The van der Waals surface area contributed by atoms with Gasteiger partial charge in [0.25, 0.3) is 0 Å². The van der Waals surface area contributed by atoms with Gasteiger partial charge in [0.05, 0.1) is 11.9 Å². The highest BCUT2D eigenvalue weighted by Crippen LogP contribution is 2.31. The zero-order chi connectivity index (χ0) is 16.3. The fraction of sp³-hybridized carbons (Fsp3) is 0.312. The molecular formula is C16H18ClN3O2. The minimum absolute atomic E-state index is 0.341. The number of nitrogens with zero attached hydrogens (tertiary/aromatic N) is 2. The lowest BCUT2D eigenvalue weighted by Gasteiger charge is -2.20. The number of pyridine rings is 2. The molecule has 0 saturated heterocycles. The second kappa shape index (κ2) is 6.32. The molecule has 0 unspecified atom stereocenters. The van der Waals surface area contributed by atoms with Gasteiger partial charge in [0.1, 0.15) is 10.8 Å². The molecule has 22 heavy (non-hydrogen) atoms. The molecule has 6 heteroatoms. The third-order valence-corrected chi connectivity index (χ3v) is 3.01. The van der Waals surface area contributed by atoms with Crippen LogP contribution >= 0.6 is 11.6 Å². The molecule has 0 atom stereocenters. The van der Waals surface area contributed by atoms with Crippen LogP contribution in [0.15, 0.2) is 30.6 Å². The molecule has 2 aromatic heterocycles. The maximum atomic E-state index is 12.0. The van der Waals surface area contributed by atoms with Gasteiger partial charge >= 0.3 is 6.09 Å². The Labute approximate surface area is 134 Å². The maximum Gasteiger partial charge on any atom is 0.412 e. The van der Waals surface area contributed by atoms with Crippen molar-refractivity contribution < 1.29 is 9.53 Å². The zero-order valence-electron chi connectivity index (χ0n) is 13.0. The monoisotopic (exact) mass is 319 g/mol. The first-order chi connectivity index (χ1) is 10.3. The molecule has 0 aliphatic heterocycles. The predicted molar refractivity (Wildman–Crippen MR) is 87.1 cm³/mol. The van der Waals surface area contributed by atoms with Crippen molar-refractivity contribution >= 4 is 23.4 Å². The topological polar surface area (TPSA) is 64.1 Å². The smallest absolute Gasteiger partial charge is 0.412 e. The third-order valence-electron chi connectivity index (χ3n) is 2.80. The number of rotatable bonds is 2. The number of hydrogen-bond donors (Lipinski definition) is 1. The Bertz CT molecular complexity index is 696. The van der Waals surface area contributed by atoms with E-state index >= 15 is 0 Å². The number of anilines is 1. The van der Waals surface area contributed by atoms with E-state index in [-0.39, 0.29) is 0 Å². The lowest BCUT2D eigenvalue weighted by molar-refractivity contribution is 0.0636. The minimum atomic E-state index is -0.575. The van der Waals surface area contributed by atoms with Gasteiger partial charge in [0, 0.05) is 23.0 Å². The summed E-state index contributed by atoms with van der Waals surface area (Å²) in [4.78, 5) is 20.2. The van der Waals surface area contributed by atoms with Gasteiger partial charge in [-0.3, -0.25) is 10.3 Å². The van der Waals surface area contributed by atoms with Crippen LogP contribution in [0.2, 0.25) is 5.15 Å². The van der Waals surface area contributed by atoms with Crippen LogP contribution in [0, 0.1) is 6.92 Å². The van der Waals surface area contributed by atoms with E-state index in [0.29, 0.717) is 10.8 Å². The molecule has 0 aliphatic rings. The molecule has 0 spiro atoms. The summed E-state index contributed by atoms with van der Waals surface area (Å²) < 4.78 is 5.27. The molecule has 2 aromatic rings. The average Bonchev–Trinajstić information content (AvgIpc) is 2.39. The second-order valence-corrected chi connectivity index (χ2v) is 6.20. The normalized spacial score (nSPS) is 11.1. The van der Waals surface area contributed by atoms with Gasteiger partial charge in [-0.25, -0.2) is 9.78 Å². The first kappa shape index (κ1) is 16.2. The van der Waals surface area contributed by atoms with Crippen molar-refractivity contribution in [3.05, 3.63) is 41.4 Å². The van der Waals surface area contributed by atoms with E-state index in [9.17, 15) is 4.79 Å². The Kier molecular flexibility index (Phi) is 4.66. The van der Waals surface area contributed by atoms with Crippen LogP contribution in [-0.2, 0) is 4.74 Å². The van der Waals surface area contributed by atoms with E-state index in [1.807, 2.05) is 19.1 Å². The number of nitrogens with one attached hydrogen (secondary N) is 1. The molecule has 0 aromatic carbocycles. The summed E-state index contributed by atoms with van der Waals surface area (Å²) in [5.41, 5.74) is 2.40. The Balaban J connectivity index is 2.37. The van der Waals surface area contributed by atoms with Gasteiger partial charge in [-0.2, -0.15) is 0 Å². The number of aryl methyl sites for hydroxylation is 1. The highest BCUT2D eigenvalue weighted by Gasteiger charge is 2.18. The summed E-state index contributed by atoms with van der Waals surface area (Å²) in [5.74, 6) is 0. The molecular weight excluding hydrogens is 302 g/mol. The van der Waals surface area contributed by atoms with Crippen molar-refractivity contribution in [1.29, 1.82) is 0 Å². The lowest BCUT2D eigenvalue weighted by atomic mass is 10.0. The Morgan fingerprint density at radius 3 is 2.64 bits per heavy atom. The molecule has 0 aliphatic carbocycles. The van der Waals surface area contributed by atoms with Gasteiger partial charge in [0.15, 0.2) is 0 Å². The van der Waals surface area contributed by atoms with Crippen LogP contribution in [-0.4, -0.2) is 21.7 Å². The van der Waals surface area contributed by atoms with Crippen molar-refractivity contribution in [3.63, 3.8) is 0 Å². The number of aromatic nitrogens is 2. The number of hydrogen-bond acceptors (Lipinski definition) is 4. The summed E-state index contributed by atoms with van der Waals surface area (Å²) in [7, 11) is 0. The van der Waals surface area contributed by atoms with Crippen LogP contribution in [0.25, 0.3) is 11.1 Å². The van der Waals surface area contributed by atoms with Crippen LogP contribution in [0.4, 0.5) is 10.5 Å². The van der Waals surface area contributed by atoms with Gasteiger partial charge in [-0.05, 0) is 39.8 Å². The van der Waals surface area contributed by atoms with Crippen molar-refractivity contribution in [2.75, 3.05) is 5.32 Å². The molecule has 1 amide bonds. The molecule has 0 fully saturated rings. The summed E-state index contributed by atoms with van der Waals surface area (Å²) in [5, 5.41) is 3.05. The highest BCUT2D eigenvalue weighted by molar-refractivity contribution is 6.29. The van der Waals surface area contributed by atoms with E-state index in [1.54, 1.807) is 33.0 Å². The fourth-order valence-corrected chi connectivity index (χ4v) is 2.09. The quantitative estimate of drug-likeness (QED) is 0.830. The third kappa shape index (κ3) is 4.18. The van der Waals surface area contributed by atoms with Gasteiger partial charge < -0.3 is 4.74 Å².